The number of unbranched alkanes of at least 4 members (excludes halogenated alkanes) is 1. The predicted molar refractivity (Wildman–Crippen MR) is 182 cm³/mol. The molecule has 47 heavy (non-hydrogen) atoms. The Balaban J connectivity index is 1.94. The van der Waals surface area contributed by atoms with Gasteiger partial charge in [-0.2, -0.15) is 0 Å². The molecule has 0 aromatic heterocycles. The Labute approximate surface area is 282 Å². The summed E-state index contributed by atoms with van der Waals surface area (Å²) in [7, 11) is 1.59. The normalized spacial score (nSPS) is 24.9. The van der Waals surface area contributed by atoms with E-state index < -0.39 is 47.2 Å². The minimum absolute atomic E-state index is 0.108. The fourth-order valence-electron chi connectivity index (χ4n) is 8.07. The number of carbonyl (C=O) groups is 5. The number of nitrogens with one attached hydrogen (secondary N) is 4. The zero-order valence-corrected chi connectivity index (χ0v) is 30.1. The molecule has 0 radical (unpaired) electrons. The number of urea groups is 1. The number of rotatable bonds is 15. The molecule has 4 unspecified atom stereocenters. The first-order valence-corrected chi connectivity index (χ1v) is 17.6. The summed E-state index contributed by atoms with van der Waals surface area (Å²) in [6.07, 6.45) is 8.65. The van der Waals surface area contributed by atoms with Crippen LogP contribution in [0.3, 0.4) is 0 Å². The number of hydrogen-bond acceptors (Lipinski definition) is 6. The van der Waals surface area contributed by atoms with Crippen molar-refractivity contribution in [3.8, 4) is 0 Å². The van der Waals surface area contributed by atoms with Crippen LogP contribution in [0.1, 0.15) is 106 Å². The van der Waals surface area contributed by atoms with Crippen LogP contribution >= 0.6 is 0 Å². The van der Waals surface area contributed by atoms with Crippen molar-refractivity contribution in [2.24, 2.45) is 28.1 Å². The summed E-state index contributed by atoms with van der Waals surface area (Å²) in [6.45, 7) is 18.8. The summed E-state index contributed by atoms with van der Waals surface area (Å²) in [6, 6.07) is -3.39. The predicted octanol–water partition coefficient (Wildman–Crippen LogP) is 4.11. The van der Waals surface area contributed by atoms with Crippen molar-refractivity contribution in [3.05, 3.63) is 12.7 Å². The molecule has 4 N–H and O–H groups in total. The van der Waals surface area contributed by atoms with E-state index in [2.05, 4.69) is 48.6 Å². The average Bonchev–Trinajstić information content (AvgIpc) is 3.34. The summed E-state index contributed by atoms with van der Waals surface area (Å²) >= 11 is 0. The molecule has 5 amide bonds. The molecule has 11 heteroatoms. The molecule has 6 atom stereocenters. The molecule has 3 aliphatic rings. The zero-order chi connectivity index (χ0) is 35.2. The van der Waals surface area contributed by atoms with Gasteiger partial charge < -0.3 is 30.9 Å². The fourth-order valence-corrected chi connectivity index (χ4v) is 8.07. The molecule has 0 aromatic rings. The summed E-state index contributed by atoms with van der Waals surface area (Å²) in [4.78, 5) is 70.1. The summed E-state index contributed by atoms with van der Waals surface area (Å²) in [5.74, 6) is -2.14. The Morgan fingerprint density at radius 1 is 1.02 bits per heavy atom. The summed E-state index contributed by atoms with van der Waals surface area (Å²) in [5, 5.41) is 11.5. The molecule has 0 aromatic carbocycles. The molecule has 266 valence electrons. The van der Waals surface area contributed by atoms with Gasteiger partial charge in [-0.15, -0.1) is 6.58 Å². The monoisotopic (exact) mass is 659 g/mol. The standard InChI is InChI=1S/C36H61N5O6/c1-10-12-16-24(28(42)31(44)37-19-11-2)38-30(43)27-26-23(20-35(26,6)7)21-41(27)32(45)29(36(8)17-14-13-15-18-36)40-33(46)39-25(22-47-9)34(3,4)5/h11,23-27,29H,2,10,12-22H2,1,3-9H3,(H,37,44)(H,38,43)(H2,39,40,46)/t23?,24?,25?,26-,27-,29?/m0/s1. The lowest BCUT2D eigenvalue weighted by molar-refractivity contribution is -0.146. The van der Waals surface area contributed by atoms with Crippen molar-refractivity contribution in [2.45, 2.75) is 130 Å². The number of fused-ring (bicyclic) bond motifs is 1. The van der Waals surface area contributed by atoms with Crippen molar-refractivity contribution < 1.29 is 28.7 Å². The SMILES string of the molecule is C=CCNC(=O)C(=O)C(CCCC)NC(=O)[C@@H]1[C@@H]2C(CN1C(=O)C(NC(=O)NC(COC)C(C)(C)C)C1(C)CCCCC1)CC2(C)C. The summed E-state index contributed by atoms with van der Waals surface area (Å²) < 4.78 is 5.38. The Hall–Kier alpha value is -2.95. The average molecular weight is 660 g/mol. The number of methoxy groups -OCH3 is 1. The van der Waals surface area contributed by atoms with E-state index in [0.29, 0.717) is 26.0 Å². The molecule has 2 aliphatic carbocycles. The smallest absolute Gasteiger partial charge is 0.315 e. The van der Waals surface area contributed by atoms with Gasteiger partial charge in [0.15, 0.2) is 0 Å². The van der Waals surface area contributed by atoms with Gasteiger partial charge in [-0.05, 0) is 53.8 Å². The third kappa shape index (κ3) is 9.15. The van der Waals surface area contributed by atoms with E-state index in [4.69, 9.17) is 4.74 Å². The van der Waals surface area contributed by atoms with Crippen molar-refractivity contribution in [3.63, 3.8) is 0 Å². The molecular weight excluding hydrogens is 598 g/mol. The van der Waals surface area contributed by atoms with Crippen LogP contribution in [0.2, 0.25) is 0 Å². The summed E-state index contributed by atoms with van der Waals surface area (Å²) in [5.41, 5.74) is -0.966. The third-order valence-corrected chi connectivity index (χ3v) is 10.9. The maximum Gasteiger partial charge on any atom is 0.315 e. The largest absolute Gasteiger partial charge is 0.383 e. The molecule has 2 saturated carbocycles. The van der Waals surface area contributed by atoms with Gasteiger partial charge >= 0.3 is 6.03 Å². The van der Waals surface area contributed by atoms with E-state index in [1.54, 1.807) is 12.0 Å². The van der Waals surface area contributed by atoms with Gasteiger partial charge in [-0.25, -0.2) is 4.79 Å². The van der Waals surface area contributed by atoms with Crippen molar-refractivity contribution in [1.29, 1.82) is 0 Å². The Kier molecular flexibility index (Phi) is 13.1. The molecule has 1 aliphatic heterocycles. The van der Waals surface area contributed by atoms with Gasteiger partial charge in [0.1, 0.15) is 12.1 Å². The lowest BCUT2D eigenvalue weighted by atomic mass is 9.55. The van der Waals surface area contributed by atoms with Crippen LogP contribution in [0.4, 0.5) is 4.79 Å². The van der Waals surface area contributed by atoms with Crippen molar-refractivity contribution in [1.82, 2.24) is 26.2 Å². The first-order valence-electron chi connectivity index (χ1n) is 17.6. The van der Waals surface area contributed by atoms with Crippen LogP contribution in [0, 0.1) is 28.1 Å². The molecular formula is C36H61N5O6. The molecule has 3 fully saturated rings. The first kappa shape index (κ1) is 38.5. The van der Waals surface area contributed by atoms with E-state index in [1.165, 1.54) is 6.08 Å². The molecule has 1 heterocycles. The van der Waals surface area contributed by atoms with Crippen LogP contribution in [-0.4, -0.2) is 85.4 Å². The maximum atomic E-state index is 14.8. The molecule has 11 nitrogen and oxygen atoms in total. The number of carbonyl (C=O) groups excluding carboxylic acids is 5. The van der Waals surface area contributed by atoms with Gasteiger partial charge in [0, 0.05) is 20.2 Å². The Morgan fingerprint density at radius 3 is 2.23 bits per heavy atom. The van der Waals surface area contributed by atoms with Gasteiger partial charge in [0.05, 0.1) is 18.7 Å². The maximum absolute atomic E-state index is 14.8. The van der Waals surface area contributed by atoms with E-state index in [0.717, 1.165) is 44.9 Å². The van der Waals surface area contributed by atoms with Crippen LogP contribution < -0.4 is 21.3 Å². The lowest BCUT2D eigenvalue weighted by Gasteiger charge is -2.49. The number of likely N-dealkylation sites (tertiary alicyclic amines) is 1. The number of hydrogen-bond donors (Lipinski definition) is 4. The van der Waals surface area contributed by atoms with Crippen LogP contribution in [0.5, 0.6) is 0 Å². The Morgan fingerprint density at radius 2 is 1.68 bits per heavy atom. The second-order valence-electron chi connectivity index (χ2n) is 16.1. The van der Waals surface area contributed by atoms with Crippen LogP contribution in [-0.2, 0) is 23.9 Å². The van der Waals surface area contributed by atoms with Gasteiger partial charge in [-0.1, -0.05) is 86.6 Å². The van der Waals surface area contributed by atoms with Crippen molar-refractivity contribution in [2.75, 3.05) is 26.8 Å². The number of nitrogens with zero attached hydrogens (tertiary/aromatic N) is 1. The molecule has 3 rings (SSSR count). The van der Waals surface area contributed by atoms with E-state index in [9.17, 15) is 24.0 Å². The second-order valence-corrected chi connectivity index (χ2v) is 16.1. The van der Waals surface area contributed by atoms with Gasteiger partial charge in [-0.3, -0.25) is 19.2 Å². The highest BCUT2D eigenvalue weighted by molar-refractivity contribution is 6.38. The lowest BCUT2D eigenvalue weighted by Crippen LogP contribution is -2.63. The molecule has 0 spiro atoms. The van der Waals surface area contributed by atoms with E-state index in [1.807, 2.05) is 27.7 Å². The fraction of sp³-hybridized carbons (Fsp3) is 0.806. The van der Waals surface area contributed by atoms with E-state index >= 15 is 0 Å². The quantitative estimate of drug-likeness (QED) is 0.154. The third-order valence-electron chi connectivity index (χ3n) is 10.9. The number of Topliss-reactive ketones (excluding diaryl/α,β-unsaturated/α-hetero) is 1. The highest BCUT2D eigenvalue weighted by Gasteiger charge is 2.62. The van der Waals surface area contributed by atoms with E-state index in [-0.39, 0.29) is 41.2 Å². The second kappa shape index (κ2) is 16.0. The van der Waals surface area contributed by atoms with Gasteiger partial charge in [0.25, 0.3) is 5.91 Å². The van der Waals surface area contributed by atoms with Crippen molar-refractivity contribution >= 4 is 29.5 Å². The number of ether oxygens (including phenoxy) is 1. The topological polar surface area (TPSA) is 146 Å². The first-order chi connectivity index (χ1) is 22.0. The number of ketones is 1. The highest BCUT2D eigenvalue weighted by atomic mass is 16.5. The Bertz CT molecular complexity index is 1160. The minimum atomic E-state index is -1.00. The molecule has 1 saturated heterocycles. The number of amides is 5. The van der Waals surface area contributed by atoms with Crippen LogP contribution in [0.25, 0.3) is 0 Å². The zero-order valence-electron chi connectivity index (χ0n) is 30.1. The minimum Gasteiger partial charge on any atom is -0.383 e. The highest BCUT2D eigenvalue weighted by Crippen LogP contribution is 2.57. The van der Waals surface area contributed by atoms with Gasteiger partial charge in [0.2, 0.25) is 17.6 Å². The van der Waals surface area contributed by atoms with Crippen LogP contribution in [0.15, 0.2) is 12.7 Å². The molecule has 0 bridgehead atoms.